The molecule has 3 N–H and O–H groups in total. The highest BCUT2D eigenvalue weighted by Gasteiger charge is 2.30. The number of aromatic nitrogens is 1. The summed E-state index contributed by atoms with van der Waals surface area (Å²) in [7, 11) is 1.19. The van der Waals surface area contributed by atoms with Crippen molar-refractivity contribution >= 4 is 34.6 Å². The largest absolute Gasteiger partial charge is 0.476 e. The number of halogens is 3. The van der Waals surface area contributed by atoms with Gasteiger partial charge in [-0.25, -0.2) is 4.98 Å². The Kier molecular flexibility index (Phi) is 6.30. The van der Waals surface area contributed by atoms with Gasteiger partial charge >= 0.3 is 11.9 Å². The molecule has 0 saturated heterocycles. The number of ether oxygens (including phenoxy) is 1. The van der Waals surface area contributed by atoms with Crippen LogP contribution in [0.15, 0.2) is 36.5 Å². The number of benzene rings is 1. The summed E-state index contributed by atoms with van der Waals surface area (Å²) in [6, 6.07) is 5.22. The summed E-state index contributed by atoms with van der Waals surface area (Å²) in [6.45, 7) is 0. The molecule has 28 heavy (non-hydrogen) atoms. The van der Waals surface area contributed by atoms with Gasteiger partial charge in [0.15, 0.2) is 5.11 Å². The highest BCUT2D eigenvalue weighted by molar-refractivity contribution is 7.80. The van der Waals surface area contributed by atoms with E-state index in [1.807, 2.05) is 0 Å². The van der Waals surface area contributed by atoms with E-state index in [2.05, 4.69) is 21.2 Å². The molecule has 0 fully saturated rings. The number of rotatable bonds is 4. The number of nitrogens with zero attached hydrogens (tertiary/aromatic N) is 2. The van der Waals surface area contributed by atoms with Crippen molar-refractivity contribution in [2.75, 3.05) is 12.4 Å². The maximum atomic E-state index is 12.7. The molecule has 148 valence electrons. The Morgan fingerprint density at radius 1 is 1.29 bits per heavy atom. The van der Waals surface area contributed by atoms with E-state index >= 15 is 0 Å². The van der Waals surface area contributed by atoms with Gasteiger partial charge in [0.2, 0.25) is 0 Å². The lowest BCUT2D eigenvalue weighted by Crippen LogP contribution is -2.43. The monoisotopic (exact) mass is 415 g/mol. The number of nitrogens with one attached hydrogen (secondary N) is 3. The fourth-order valence-corrected chi connectivity index (χ4v) is 2.14. The summed E-state index contributed by atoms with van der Waals surface area (Å²) in [5, 5.41) is 13.2. The molecule has 0 aliphatic heterocycles. The number of hydrogen-bond acceptors (Lipinski definition) is 6. The number of carbonyl (C=O) groups is 1. The first kappa shape index (κ1) is 20.8. The number of anilines is 1. The van der Waals surface area contributed by atoms with Crippen LogP contribution in [-0.2, 0) is 6.18 Å². The molecule has 0 unspecified atom stereocenters. The Balaban J connectivity index is 2.00. The molecule has 0 bridgehead atoms. The predicted octanol–water partition coefficient (Wildman–Crippen LogP) is 2.65. The van der Waals surface area contributed by atoms with Gasteiger partial charge in [-0.15, -0.1) is 0 Å². The molecule has 0 radical (unpaired) electrons. The summed E-state index contributed by atoms with van der Waals surface area (Å²) in [6.07, 6.45) is -3.47. The first-order chi connectivity index (χ1) is 13.1. The fraction of sp³-hybridized carbons (Fsp3) is 0.133. The van der Waals surface area contributed by atoms with E-state index in [1.165, 1.54) is 19.2 Å². The van der Waals surface area contributed by atoms with Crippen molar-refractivity contribution in [2.24, 2.45) is 0 Å². The van der Waals surface area contributed by atoms with Crippen molar-refractivity contribution in [1.29, 1.82) is 0 Å². The van der Waals surface area contributed by atoms with Crippen molar-refractivity contribution in [3.05, 3.63) is 57.8 Å². The molecule has 1 heterocycles. The second-order valence-electron chi connectivity index (χ2n) is 5.12. The Bertz CT molecular complexity index is 923. The van der Waals surface area contributed by atoms with Crippen molar-refractivity contribution in [2.45, 2.75) is 6.18 Å². The zero-order chi connectivity index (χ0) is 20.9. The number of carbonyl (C=O) groups excluding carboxylic acids is 1. The van der Waals surface area contributed by atoms with Gasteiger partial charge in [-0.05, 0) is 30.4 Å². The van der Waals surface area contributed by atoms with Crippen LogP contribution in [0.4, 0.5) is 24.5 Å². The molecule has 1 amide bonds. The van der Waals surface area contributed by atoms with E-state index < -0.39 is 28.3 Å². The lowest BCUT2D eigenvalue weighted by molar-refractivity contribution is -0.386. The van der Waals surface area contributed by atoms with Crippen LogP contribution in [0.5, 0.6) is 5.88 Å². The summed E-state index contributed by atoms with van der Waals surface area (Å²) < 4.78 is 42.8. The average Bonchev–Trinajstić information content (AvgIpc) is 2.65. The minimum atomic E-state index is -4.52. The van der Waals surface area contributed by atoms with Crippen LogP contribution >= 0.6 is 12.2 Å². The topological polar surface area (TPSA) is 118 Å². The lowest BCUT2D eigenvalue weighted by atomic mass is 10.2. The van der Waals surface area contributed by atoms with Gasteiger partial charge < -0.3 is 10.1 Å². The highest BCUT2D eigenvalue weighted by atomic mass is 32.1. The van der Waals surface area contributed by atoms with E-state index in [-0.39, 0.29) is 22.2 Å². The van der Waals surface area contributed by atoms with Gasteiger partial charge in [0.1, 0.15) is 0 Å². The standard InChI is InChI=1S/C15H12F3N5O4S/c1-27-13-11(23(25)26)5-8(7-19-13)12(24)21-22-14(28)20-10-4-2-3-9(6-10)15(16,17)18/h2-7H,1H3,(H,21,24)(H2,20,22,28). The number of hydrogen-bond donors (Lipinski definition) is 3. The summed E-state index contributed by atoms with van der Waals surface area (Å²) in [5.41, 5.74) is 2.92. The minimum Gasteiger partial charge on any atom is -0.476 e. The SMILES string of the molecule is COc1ncc(C(=O)NNC(=S)Nc2cccc(C(F)(F)F)c2)cc1[N+](=O)[O-]. The number of pyridine rings is 1. The Hall–Kier alpha value is -3.48. The van der Waals surface area contributed by atoms with E-state index in [0.717, 1.165) is 24.4 Å². The second kappa shape index (κ2) is 8.47. The molecule has 0 saturated carbocycles. The molecular weight excluding hydrogens is 403 g/mol. The van der Waals surface area contributed by atoms with Gasteiger partial charge in [-0.3, -0.25) is 25.8 Å². The fourth-order valence-electron chi connectivity index (χ4n) is 1.97. The third-order valence-electron chi connectivity index (χ3n) is 3.22. The van der Waals surface area contributed by atoms with Gasteiger partial charge in [-0.2, -0.15) is 13.2 Å². The van der Waals surface area contributed by atoms with Crippen molar-refractivity contribution in [3.63, 3.8) is 0 Å². The molecule has 0 aliphatic rings. The first-order valence-electron chi connectivity index (χ1n) is 7.35. The predicted molar refractivity (Wildman–Crippen MR) is 95.7 cm³/mol. The third kappa shape index (κ3) is 5.26. The molecule has 0 atom stereocenters. The second-order valence-corrected chi connectivity index (χ2v) is 5.53. The summed E-state index contributed by atoms with van der Waals surface area (Å²) in [4.78, 5) is 25.9. The molecular formula is C15H12F3N5O4S. The van der Waals surface area contributed by atoms with E-state index in [4.69, 9.17) is 17.0 Å². The molecule has 1 aromatic heterocycles. The minimum absolute atomic E-state index is 0.0447. The molecule has 2 rings (SSSR count). The number of alkyl halides is 3. The average molecular weight is 415 g/mol. The van der Waals surface area contributed by atoms with Crippen LogP contribution in [0.1, 0.15) is 15.9 Å². The van der Waals surface area contributed by atoms with Gasteiger partial charge in [-0.1, -0.05) is 6.07 Å². The number of thiocarbonyl (C=S) groups is 1. The normalized spacial score (nSPS) is 10.7. The van der Waals surface area contributed by atoms with Crippen LogP contribution in [0.3, 0.4) is 0 Å². The number of hydrazine groups is 1. The van der Waals surface area contributed by atoms with Gasteiger partial charge in [0.25, 0.3) is 11.8 Å². The van der Waals surface area contributed by atoms with Crippen molar-refractivity contribution in [3.8, 4) is 5.88 Å². The number of nitro groups is 1. The van der Waals surface area contributed by atoms with E-state index in [9.17, 15) is 28.1 Å². The molecule has 0 aliphatic carbocycles. The molecule has 1 aromatic carbocycles. The van der Waals surface area contributed by atoms with Crippen LogP contribution in [0.2, 0.25) is 0 Å². The smallest absolute Gasteiger partial charge is 0.416 e. The van der Waals surface area contributed by atoms with Crippen LogP contribution in [0.25, 0.3) is 0 Å². The summed E-state index contributed by atoms with van der Waals surface area (Å²) >= 11 is 4.89. The Morgan fingerprint density at radius 3 is 2.61 bits per heavy atom. The van der Waals surface area contributed by atoms with Gasteiger partial charge in [0, 0.05) is 18.0 Å². The third-order valence-corrected chi connectivity index (χ3v) is 3.43. The van der Waals surface area contributed by atoms with Crippen LogP contribution in [-0.4, -0.2) is 28.0 Å². The zero-order valence-corrected chi connectivity index (χ0v) is 14.9. The molecule has 0 spiro atoms. The lowest BCUT2D eigenvalue weighted by Gasteiger charge is -2.13. The number of amides is 1. The first-order valence-corrected chi connectivity index (χ1v) is 7.75. The zero-order valence-electron chi connectivity index (χ0n) is 14.0. The Morgan fingerprint density at radius 2 is 2.00 bits per heavy atom. The van der Waals surface area contributed by atoms with Crippen LogP contribution in [0, 0.1) is 10.1 Å². The Labute approximate surface area is 161 Å². The number of methoxy groups -OCH3 is 1. The quantitative estimate of drug-likeness (QED) is 0.396. The van der Waals surface area contributed by atoms with E-state index in [1.54, 1.807) is 0 Å². The maximum absolute atomic E-state index is 12.7. The molecule has 9 nitrogen and oxygen atoms in total. The molecule has 13 heteroatoms. The van der Waals surface area contributed by atoms with Crippen molar-refractivity contribution in [1.82, 2.24) is 15.8 Å². The maximum Gasteiger partial charge on any atom is 0.416 e. The summed E-state index contributed by atoms with van der Waals surface area (Å²) in [5.74, 6) is -1.08. The van der Waals surface area contributed by atoms with Gasteiger partial charge in [0.05, 0.1) is 23.2 Å². The molecule has 2 aromatic rings. The highest BCUT2D eigenvalue weighted by Crippen LogP contribution is 2.30. The van der Waals surface area contributed by atoms with E-state index in [0.29, 0.717) is 0 Å². The van der Waals surface area contributed by atoms with Crippen molar-refractivity contribution < 1.29 is 27.6 Å². The van der Waals surface area contributed by atoms with Crippen LogP contribution < -0.4 is 20.9 Å².